The zero-order valence-corrected chi connectivity index (χ0v) is 19.3. The minimum absolute atomic E-state index is 0.0419. The fourth-order valence-corrected chi connectivity index (χ4v) is 4.61. The van der Waals surface area contributed by atoms with Crippen LogP contribution in [0.1, 0.15) is 38.3 Å². The minimum Gasteiger partial charge on any atom is -0.463 e. The molecule has 0 unspecified atom stereocenters. The molecule has 1 aromatic carbocycles. The molecule has 0 bridgehead atoms. The SMILES string of the molecule is CCOC(=O)C1=C(CN2CCN(C(=O)C3CC3)[C@H](C)C2)N(C)C(=O)N[C@H]1c1cccc(F)c1. The topological polar surface area (TPSA) is 82.2 Å². The van der Waals surface area contributed by atoms with Crippen LogP contribution in [0.2, 0.25) is 0 Å². The van der Waals surface area contributed by atoms with E-state index in [9.17, 15) is 18.8 Å². The molecular formula is C24H31FN4O4. The maximum Gasteiger partial charge on any atom is 0.338 e. The molecule has 4 rings (SSSR count). The Morgan fingerprint density at radius 1 is 1.24 bits per heavy atom. The lowest BCUT2D eigenvalue weighted by atomic mass is 9.94. The van der Waals surface area contributed by atoms with E-state index in [2.05, 4.69) is 10.2 Å². The molecule has 178 valence electrons. The van der Waals surface area contributed by atoms with Gasteiger partial charge in [0.25, 0.3) is 0 Å². The fraction of sp³-hybridized carbons (Fsp3) is 0.542. The highest BCUT2D eigenvalue weighted by molar-refractivity contribution is 5.95. The summed E-state index contributed by atoms with van der Waals surface area (Å²) in [5.74, 6) is -0.578. The van der Waals surface area contributed by atoms with Crippen LogP contribution in [0.25, 0.3) is 0 Å². The van der Waals surface area contributed by atoms with E-state index in [-0.39, 0.29) is 30.5 Å². The number of hydrogen-bond acceptors (Lipinski definition) is 5. The van der Waals surface area contributed by atoms with Gasteiger partial charge in [-0.3, -0.25) is 14.6 Å². The molecule has 1 aromatic rings. The molecule has 0 radical (unpaired) electrons. The van der Waals surface area contributed by atoms with Gasteiger partial charge in [0.1, 0.15) is 5.82 Å². The number of halogens is 1. The minimum atomic E-state index is -0.811. The quantitative estimate of drug-likeness (QED) is 0.662. The Labute approximate surface area is 193 Å². The summed E-state index contributed by atoms with van der Waals surface area (Å²) < 4.78 is 19.3. The lowest BCUT2D eigenvalue weighted by molar-refractivity contribution is -0.139. The van der Waals surface area contributed by atoms with Crippen LogP contribution >= 0.6 is 0 Å². The summed E-state index contributed by atoms with van der Waals surface area (Å²) in [5, 5.41) is 2.81. The number of benzene rings is 1. The second kappa shape index (κ2) is 9.51. The van der Waals surface area contributed by atoms with Crippen LogP contribution in [0, 0.1) is 11.7 Å². The summed E-state index contributed by atoms with van der Waals surface area (Å²) in [7, 11) is 1.61. The number of hydrogen-bond donors (Lipinski definition) is 1. The maximum atomic E-state index is 14.0. The first-order valence-corrected chi connectivity index (χ1v) is 11.5. The highest BCUT2D eigenvalue weighted by atomic mass is 19.1. The molecule has 2 heterocycles. The summed E-state index contributed by atoms with van der Waals surface area (Å²) in [6.45, 7) is 6.17. The highest BCUT2D eigenvalue weighted by Gasteiger charge is 2.40. The van der Waals surface area contributed by atoms with Crippen molar-refractivity contribution < 1.29 is 23.5 Å². The summed E-state index contributed by atoms with van der Waals surface area (Å²) >= 11 is 0. The van der Waals surface area contributed by atoms with Gasteiger partial charge in [-0.05, 0) is 44.4 Å². The third kappa shape index (κ3) is 4.88. The van der Waals surface area contributed by atoms with Gasteiger partial charge in [0.05, 0.1) is 18.2 Å². The van der Waals surface area contributed by atoms with E-state index in [1.54, 1.807) is 26.1 Å². The standard InChI is InChI=1S/C24H31FN4O4/c1-4-33-23(31)20-19(14-28-10-11-29(15(2)13-28)22(30)16-8-9-16)27(3)24(32)26-21(20)17-6-5-7-18(25)12-17/h5-7,12,15-16,21H,4,8-11,13-14H2,1-3H3,(H,26,32)/t15-,21+/m1/s1. The predicted octanol–water partition coefficient (Wildman–Crippen LogP) is 2.28. The molecule has 33 heavy (non-hydrogen) atoms. The van der Waals surface area contributed by atoms with Gasteiger partial charge >= 0.3 is 12.0 Å². The van der Waals surface area contributed by atoms with Crippen LogP contribution in [0.3, 0.4) is 0 Å². The molecule has 2 fully saturated rings. The molecule has 0 aromatic heterocycles. The first-order chi connectivity index (χ1) is 15.8. The first kappa shape index (κ1) is 23.2. The second-order valence-corrected chi connectivity index (χ2v) is 8.97. The Balaban J connectivity index is 1.63. The number of likely N-dealkylation sites (N-methyl/N-ethyl adjacent to an activating group) is 1. The summed E-state index contributed by atoms with van der Waals surface area (Å²) in [4.78, 5) is 43.9. The predicted molar refractivity (Wildman–Crippen MR) is 119 cm³/mol. The van der Waals surface area contributed by atoms with E-state index in [1.807, 2.05) is 11.8 Å². The molecule has 1 saturated carbocycles. The molecule has 2 atom stereocenters. The summed E-state index contributed by atoms with van der Waals surface area (Å²) in [6, 6.07) is 4.73. The molecule has 1 N–H and O–H groups in total. The van der Waals surface area contributed by atoms with Crippen molar-refractivity contribution in [3.63, 3.8) is 0 Å². The number of nitrogens with zero attached hydrogens (tertiary/aromatic N) is 3. The van der Waals surface area contributed by atoms with E-state index in [1.165, 1.54) is 17.0 Å². The van der Waals surface area contributed by atoms with Gasteiger partial charge in [0.15, 0.2) is 0 Å². The average molecular weight is 459 g/mol. The third-order valence-corrected chi connectivity index (χ3v) is 6.55. The van der Waals surface area contributed by atoms with Crippen molar-refractivity contribution in [2.24, 2.45) is 5.92 Å². The molecule has 0 spiro atoms. The number of esters is 1. The van der Waals surface area contributed by atoms with E-state index in [0.717, 1.165) is 12.8 Å². The molecule has 1 aliphatic carbocycles. The van der Waals surface area contributed by atoms with Gasteiger partial charge in [-0.1, -0.05) is 12.1 Å². The van der Waals surface area contributed by atoms with E-state index < -0.39 is 17.8 Å². The number of nitrogens with one attached hydrogen (secondary N) is 1. The monoisotopic (exact) mass is 458 g/mol. The van der Waals surface area contributed by atoms with Crippen molar-refractivity contribution in [3.05, 3.63) is 46.9 Å². The van der Waals surface area contributed by atoms with Gasteiger partial charge < -0.3 is 15.0 Å². The van der Waals surface area contributed by atoms with Crippen molar-refractivity contribution in [1.82, 2.24) is 20.0 Å². The van der Waals surface area contributed by atoms with Gasteiger partial charge in [0, 0.05) is 50.9 Å². The molecular weight excluding hydrogens is 427 g/mol. The van der Waals surface area contributed by atoms with Crippen LogP contribution in [0.5, 0.6) is 0 Å². The molecule has 3 aliphatic rings. The van der Waals surface area contributed by atoms with Crippen LogP contribution in [0.15, 0.2) is 35.5 Å². The van der Waals surface area contributed by atoms with Crippen LogP contribution in [-0.2, 0) is 14.3 Å². The zero-order valence-electron chi connectivity index (χ0n) is 19.3. The lowest BCUT2D eigenvalue weighted by Crippen LogP contribution is -2.56. The largest absolute Gasteiger partial charge is 0.463 e. The van der Waals surface area contributed by atoms with Gasteiger partial charge in [0.2, 0.25) is 5.91 Å². The van der Waals surface area contributed by atoms with Crippen LogP contribution in [0.4, 0.5) is 9.18 Å². The third-order valence-electron chi connectivity index (χ3n) is 6.55. The number of carbonyl (C=O) groups is 3. The molecule has 3 amide bonds. The fourth-order valence-electron chi connectivity index (χ4n) is 4.61. The average Bonchev–Trinajstić information content (AvgIpc) is 3.62. The van der Waals surface area contributed by atoms with Crippen molar-refractivity contribution in [2.75, 3.05) is 39.8 Å². The van der Waals surface area contributed by atoms with Crippen molar-refractivity contribution in [1.29, 1.82) is 0 Å². The van der Waals surface area contributed by atoms with Crippen LogP contribution < -0.4 is 5.32 Å². The second-order valence-electron chi connectivity index (χ2n) is 8.97. The Morgan fingerprint density at radius 3 is 2.64 bits per heavy atom. The van der Waals surface area contributed by atoms with Crippen molar-refractivity contribution >= 4 is 17.9 Å². The summed E-state index contributed by atoms with van der Waals surface area (Å²) in [6.07, 6.45) is 1.95. The number of ether oxygens (including phenoxy) is 1. The summed E-state index contributed by atoms with van der Waals surface area (Å²) in [5.41, 5.74) is 1.31. The smallest absolute Gasteiger partial charge is 0.338 e. The van der Waals surface area contributed by atoms with Gasteiger partial charge in [-0.25, -0.2) is 14.0 Å². The Hall–Kier alpha value is -2.94. The van der Waals surface area contributed by atoms with Crippen molar-refractivity contribution in [2.45, 2.75) is 38.8 Å². The lowest BCUT2D eigenvalue weighted by Gasteiger charge is -2.42. The van der Waals surface area contributed by atoms with E-state index >= 15 is 0 Å². The van der Waals surface area contributed by atoms with E-state index in [0.29, 0.717) is 43.0 Å². The van der Waals surface area contributed by atoms with Gasteiger partial charge in [-0.2, -0.15) is 0 Å². The number of urea groups is 1. The van der Waals surface area contributed by atoms with Crippen molar-refractivity contribution in [3.8, 4) is 0 Å². The zero-order chi connectivity index (χ0) is 23.7. The maximum absolute atomic E-state index is 14.0. The highest BCUT2D eigenvalue weighted by Crippen LogP contribution is 2.34. The number of rotatable bonds is 6. The molecule has 9 heteroatoms. The van der Waals surface area contributed by atoms with E-state index in [4.69, 9.17) is 4.74 Å². The molecule has 8 nitrogen and oxygen atoms in total. The van der Waals surface area contributed by atoms with Gasteiger partial charge in [-0.15, -0.1) is 0 Å². The normalized spacial score (nSPS) is 24.1. The number of amides is 3. The Morgan fingerprint density at radius 2 is 2.00 bits per heavy atom. The molecule has 1 saturated heterocycles. The Bertz CT molecular complexity index is 977. The molecule has 2 aliphatic heterocycles. The Kier molecular flexibility index (Phi) is 6.69. The number of carbonyl (C=O) groups excluding carboxylic acids is 3. The number of piperazine rings is 1. The van der Waals surface area contributed by atoms with Crippen LogP contribution in [-0.4, -0.2) is 78.5 Å². The first-order valence-electron chi connectivity index (χ1n) is 11.5.